The number of nitrogens with one attached hydrogen (secondary N) is 1. The van der Waals surface area contributed by atoms with Gasteiger partial charge < -0.3 is 4.74 Å². The van der Waals surface area contributed by atoms with Crippen molar-refractivity contribution in [1.82, 2.24) is 5.32 Å². The summed E-state index contributed by atoms with van der Waals surface area (Å²) in [6.45, 7) is -1.25. The summed E-state index contributed by atoms with van der Waals surface area (Å²) in [5.41, 5.74) is -2.86. The van der Waals surface area contributed by atoms with E-state index in [1.54, 1.807) is 0 Å². The molecule has 1 aliphatic rings. The molecule has 5 nitrogen and oxygen atoms in total. The summed E-state index contributed by atoms with van der Waals surface area (Å²) in [5, 5.41) is 13.2. The molecule has 1 aromatic rings. The molecule has 1 N–H and O–H groups in total. The van der Waals surface area contributed by atoms with Crippen LogP contribution in [0.2, 0.25) is 0 Å². The number of methoxy groups -OCH3 is 1. The van der Waals surface area contributed by atoms with Crippen molar-refractivity contribution in [2.45, 2.75) is 30.6 Å². The lowest BCUT2D eigenvalue weighted by atomic mass is 9.88. The second kappa shape index (κ2) is 5.51. The van der Waals surface area contributed by atoms with Gasteiger partial charge in [-0.1, -0.05) is 12.1 Å². The summed E-state index contributed by atoms with van der Waals surface area (Å²) in [6.07, 6.45) is -3.60. The van der Waals surface area contributed by atoms with Crippen LogP contribution in [0.15, 0.2) is 24.3 Å². The lowest BCUT2D eigenvalue weighted by Crippen LogP contribution is -2.59. The molecule has 0 heterocycles. The first-order valence-electron chi connectivity index (χ1n) is 6.39. The van der Waals surface area contributed by atoms with Gasteiger partial charge >= 0.3 is 6.18 Å². The summed E-state index contributed by atoms with van der Waals surface area (Å²) in [4.78, 5) is 9.86. The Labute approximate surface area is 119 Å². The number of nitro groups is 1. The van der Waals surface area contributed by atoms with Crippen LogP contribution in [-0.4, -0.2) is 30.8 Å². The third-order valence-corrected chi connectivity index (χ3v) is 3.46. The van der Waals surface area contributed by atoms with E-state index in [1.165, 1.54) is 31.4 Å². The molecule has 1 aromatic carbocycles. The van der Waals surface area contributed by atoms with Gasteiger partial charge in [-0.3, -0.25) is 15.4 Å². The van der Waals surface area contributed by atoms with Gasteiger partial charge in [-0.05, 0) is 30.5 Å². The number of hydrogen-bond acceptors (Lipinski definition) is 4. The molecule has 1 saturated carbocycles. The van der Waals surface area contributed by atoms with Crippen molar-refractivity contribution in [3.8, 4) is 5.75 Å². The fourth-order valence-electron chi connectivity index (χ4n) is 2.20. The first-order chi connectivity index (χ1) is 9.78. The molecule has 0 aliphatic heterocycles. The standard InChI is InChI=1S/C13H15F3N2O3/c1-21-11-6-2-9(3-7-11)12(8-18(19)20,13(14,15)16)17-10-4-5-10/h2-3,6-7,10,17H,4-5,8H2,1H3/t12-/m0/s1. The first-order valence-corrected chi connectivity index (χ1v) is 6.39. The predicted molar refractivity (Wildman–Crippen MR) is 68.7 cm³/mol. The molecule has 2 rings (SSSR count). The zero-order valence-corrected chi connectivity index (χ0v) is 11.3. The molecule has 0 unspecified atom stereocenters. The minimum atomic E-state index is -4.78. The molecule has 0 amide bonds. The Kier molecular flexibility index (Phi) is 4.08. The van der Waals surface area contributed by atoms with E-state index in [9.17, 15) is 23.3 Å². The maximum absolute atomic E-state index is 13.6. The summed E-state index contributed by atoms with van der Waals surface area (Å²) in [5.74, 6) is 0.391. The van der Waals surface area contributed by atoms with Gasteiger partial charge in [-0.25, -0.2) is 0 Å². The summed E-state index contributed by atoms with van der Waals surface area (Å²) in [6, 6.07) is 4.82. The molecule has 0 aromatic heterocycles. The average molecular weight is 304 g/mol. The van der Waals surface area contributed by atoms with Crippen molar-refractivity contribution in [3.05, 3.63) is 39.9 Å². The van der Waals surface area contributed by atoms with Crippen molar-refractivity contribution in [2.24, 2.45) is 0 Å². The topological polar surface area (TPSA) is 64.4 Å². The Morgan fingerprint density at radius 2 is 1.90 bits per heavy atom. The molecule has 0 radical (unpaired) electrons. The largest absolute Gasteiger partial charge is 0.497 e. The zero-order chi connectivity index (χ0) is 15.7. The van der Waals surface area contributed by atoms with Crippen molar-refractivity contribution in [3.63, 3.8) is 0 Å². The molecule has 8 heteroatoms. The fourth-order valence-corrected chi connectivity index (χ4v) is 2.20. The van der Waals surface area contributed by atoms with Crippen LogP contribution < -0.4 is 10.1 Å². The predicted octanol–water partition coefficient (Wildman–Crippen LogP) is 2.48. The van der Waals surface area contributed by atoms with E-state index < -0.39 is 23.2 Å². The van der Waals surface area contributed by atoms with Crippen LogP contribution in [0.3, 0.4) is 0 Å². The van der Waals surface area contributed by atoms with Gasteiger partial charge in [0.1, 0.15) is 5.75 Å². The lowest BCUT2D eigenvalue weighted by Gasteiger charge is -2.34. The Hall–Kier alpha value is -1.83. The normalized spacial score (nSPS) is 18.1. The molecule has 116 valence electrons. The minimum Gasteiger partial charge on any atom is -0.497 e. The second-order valence-corrected chi connectivity index (χ2v) is 5.04. The zero-order valence-electron chi connectivity index (χ0n) is 11.3. The maximum atomic E-state index is 13.6. The molecule has 0 spiro atoms. The maximum Gasteiger partial charge on any atom is 0.417 e. The minimum absolute atomic E-state index is 0.181. The van der Waals surface area contributed by atoms with Gasteiger partial charge in [0.05, 0.1) is 7.11 Å². The van der Waals surface area contributed by atoms with Crippen LogP contribution in [0.1, 0.15) is 18.4 Å². The number of benzene rings is 1. The Balaban J connectivity index is 2.46. The van der Waals surface area contributed by atoms with Gasteiger partial charge in [0.25, 0.3) is 0 Å². The van der Waals surface area contributed by atoms with Gasteiger partial charge in [0.2, 0.25) is 12.1 Å². The number of hydrogen-bond donors (Lipinski definition) is 1. The molecular formula is C13H15F3N2O3. The molecule has 21 heavy (non-hydrogen) atoms. The van der Waals surface area contributed by atoms with E-state index in [-0.39, 0.29) is 11.6 Å². The molecule has 0 saturated heterocycles. The van der Waals surface area contributed by atoms with Crippen molar-refractivity contribution >= 4 is 0 Å². The first kappa shape index (κ1) is 15.6. The van der Waals surface area contributed by atoms with Crippen molar-refractivity contribution < 1.29 is 22.8 Å². The lowest BCUT2D eigenvalue weighted by molar-refractivity contribution is -0.504. The number of rotatable bonds is 6. The van der Waals surface area contributed by atoms with Crippen LogP contribution in [0.4, 0.5) is 13.2 Å². The molecule has 1 aliphatic carbocycles. The number of nitrogens with zero attached hydrogens (tertiary/aromatic N) is 1. The Morgan fingerprint density at radius 1 is 1.33 bits per heavy atom. The molecule has 1 atom stereocenters. The SMILES string of the molecule is COc1ccc([C@](C[N+](=O)[O-])(NC2CC2)C(F)(F)F)cc1. The highest BCUT2D eigenvalue weighted by atomic mass is 19.4. The van der Waals surface area contributed by atoms with E-state index in [2.05, 4.69) is 5.32 Å². The molecule has 0 bridgehead atoms. The highest BCUT2D eigenvalue weighted by Crippen LogP contribution is 2.42. The van der Waals surface area contributed by atoms with Crippen LogP contribution in [0.5, 0.6) is 5.75 Å². The van der Waals surface area contributed by atoms with E-state index >= 15 is 0 Å². The monoisotopic (exact) mass is 304 g/mol. The van der Waals surface area contributed by atoms with Gasteiger partial charge in [-0.15, -0.1) is 0 Å². The smallest absolute Gasteiger partial charge is 0.417 e. The fraction of sp³-hybridized carbons (Fsp3) is 0.538. The highest BCUT2D eigenvalue weighted by Gasteiger charge is 2.61. The highest BCUT2D eigenvalue weighted by molar-refractivity contribution is 5.34. The van der Waals surface area contributed by atoms with Gasteiger partial charge in [-0.2, -0.15) is 13.2 Å². The third kappa shape index (κ3) is 3.26. The third-order valence-electron chi connectivity index (χ3n) is 3.46. The molecule has 1 fully saturated rings. The van der Waals surface area contributed by atoms with E-state index in [0.29, 0.717) is 18.6 Å². The van der Waals surface area contributed by atoms with Gasteiger partial charge in [0.15, 0.2) is 0 Å². The summed E-state index contributed by atoms with van der Waals surface area (Å²) < 4.78 is 45.7. The van der Waals surface area contributed by atoms with E-state index in [0.717, 1.165) is 0 Å². The second-order valence-electron chi connectivity index (χ2n) is 5.04. The quantitative estimate of drug-likeness (QED) is 0.648. The van der Waals surface area contributed by atoms with Crippen molar-refractivity contribution in [1.29, 1.82) is 0 Å². The Morgan fingerprint density at radius 3 is 2.29 bits per heavy atom. The van der Waals surface area contributed by atoms with Crippen LogP contribution in [0, 0.1) is 10.1 Å². The van der Waals surface area contributed by atoms with E-state index in [1.807, 2.05) is 0 Å². The van der Waals surface area contributed by atoms with Crippen LogP contribution in [-0.2, 0) is 5.54 Å². The van der Waals surface area contributed by atoms with Crippen molar-refractivity contribution in [2.75, 3.05) is 13.7 Å². The average Bonchev–Trinajstić information content (AvgIpc) is 3.20. The number of halogens is 3. The number of ether oxygens (including phenoxy) is 1. The molecular weight excluding hydrogens is 289 g/mol. The van der Waals surface area contributed by atoms with Crippen LogP contribution in [0.25, 0.3) is 0 Å². The van der Waals surface area contributed by atoms with E-state index in [4.69, 9.17) is 4.74 Å². The Bertz CT molecular complexity index is 514. The number of alkyl halides is 3. The van der Waals surface area contributed by atoms with Gasteiger partial charge in [0, 0.05) is 11.0 Å². The summed E-state index contributed by atoms with van der Waals surface area (Å²) in [7, 11) is 1.39. The van der Waals surface area contributed by atoms with Crippen LogP contribution >= 0.6 is 0 Å². The summed E-state index contributed by atoms with van der Waals surface area (Å²) >= 11 is 0.